The normalized spacial score (nSPS) is 27.0. The molecule has 1 aliphatic rings. The summed E-state index contributed by atoms with van der Waals surface area (Å²) in [6.45, 7) is 5.35. The van der Waals surface area contributed by atoms with Gasteiger partial charge in [0.25, 0.3) is 0 Å². The zero-order chi connectivity index (χ0) is 9.24. The van der Waals surface area contributed by atoms with E-state index in [9.17, 15) is 0 Å². The average Bonchev–Trinajstić information content (AvgIpc) is 1.98. The highest BCUT2D eigenvalue weighted by molar-refractivity contribution is 4.92. The van der Waals surface area contributed by atoms with Crippen LogP contribution in [0.2, 0.25) is 0 Å². The number of hydrogen-bond donors (Lipinski definition) is 1. The molecule has 1 fully saturated rings. The highest BCUT2D eigenvalue weighted by Gasteiger charge is 2.35. The summed E-state index contributed by atoms with van der Waals surface area (Å²) in [6.07, 6.45) is 4.67. The van der Waals surface area contributed by atoms with Crippen LogP contribution in [0.5, 0.6) is 0 Å². The third-order valence-corrected chi connectivity index (χ3v) is 3.03. The van der Waals surface area contributed by atoms with E-state index in [0.717, 1.165) is 12.8 Å². The minimum absolute atomic E-state index is 0.0374. The van der Waals surface area contributed by atoms with Gasteiger partial charge in [0, 0.05) is 12.6 Å². The van der Waals surface area contributed by atoms with Gasteiger partial charge in [0.1, 0.15) is 0 Å². The van der Waals surface area contributed by atoms with Crippen LogP contribution in [-0.4, -0.2) is 19.3 Å². The van der Waals surface area contributed by atoms with Gasteiger partial charge in [0.15, 0.2) is 0 Å². The second-order valence-electron chi connectivity index (χ2n) is 4.96. The van der Waals surface area contributed by atoms with E-state index in [1.807, 2.05) is 0 Å². The highest BCUT2D eigenvalue weighted by Crippen LogP contribution is 2.38. The van der Waals surface area contributed by atoms with Crippen LogP contribution in [0.4, 0.5) is 0 Å². The second-order valence-corrected chi connectivity index (χ2v) is 4.96. The second kappa shape index (κ2) is 3.35. The number of ether oxygens (including phenoxy) is 1. The predicted molar refractivity (Wildman–Crippen MR) is 51.0 cm³/mol. The molecule has 1 rings (SSSR count). The van der Waals surface area contributed by atoms with Crippen molar-refractivity contribution in [2.75, 3.05) is 13.7 Å². The molecule has 12 heavy (non-hydrogen) atoms. The van der Waals surface area contributed by atoms with E-state index in [4.69, 9.17) is 10.5 Å². The fraction of sp³-hybridized carbons (Fsp3) is 1.00. The third kappa shape index (κ3) is 2.46. The van der Waals surface area contributed by atoms with Crippen LogP contribution in [0.3, 0.4) is 0 Å². The molecular formula is C10H21NO. The number of rotatable bonds is 2. The standard InChI is InChI=1S/C10H21NO/c1-9(2)4-6-10(11,7-5-9)8-12-3/h4-8,11H2,1-3H3. The number of nitrogens with two attached hydrogens (primary N) is 1. The molecule has 0 unspecified atom stereocenters. The van der Waals surface area contributed by atoms with E-state index in [-0.39, 0.29) is 5.54 Å². The summed E-state index contributed by atoms with van der Waals surface area (Å²) in [6, 6.07) is 0. The molecule has 0 radical (unpaired) electrons. The van der Waals surface area contributed by atoms with Gasteiger partial charge in [0.2, 0.25) is 0 Å². The molecule has 2 nitrogen and oxygen atoms in total. The zero-order valence-electron chi connectivity index (χ0n) is 8.52. The molecule has 0 saturated heterocycles. The summed E-state index contributed by atoms with van der Waals surface area (Å²) in [4.78, 5) is 0. The van der Waals surface area contributed by atoms with Crippen molar-refractivity contribution in [3.63, 3.8) is 0 Å². The maximum atomic E-state index is 6.17. The van der Waals surface area contributed by atoms with Gasteiger partial charge in [-0.1, -0.05) is 13.8 Å². The van der Waals surface area contributed by atoms with Crippen molar-refractivity contribution in [3.8, 4) is 0 Å². The molecule has 0 aliphatic heterocycles. The summed E-state index contributed by atoms with van der Waals surface area (Å²) in [7, 11) is 1.73. The van der Waals surface area contributed by atoms with Crippen molar-refractivity contribution in [3.05, 3.63) is 0 Å². The molecule has 0 bridgehead atoms. The lowest BCUT2D eigenvalue weighted by Crippen LogP contribution is -2.48. The Morgan fingerprint density at radius 1 is 1.17 bits per heavy atom. The van der Waals surface area contributed by atoms with Crippen LogP contribution < -0.4 is 5.73 Å². The Labute approximate surface area is 75.5 Å². The largest absolute Gasteiger partial charge is 0.383 e. The van der Waals surface area contributed by atoms with Gasteiger partial charge in [-0.15, -0.1) is 0 Å². The average molecular weight is 171 g/mol. The van der Waals surface area contributed by atoms with E-state index in [1.165, 1.54) is 12.8 Å². The van der Waals surface area contributed by atoms with Crippen LogP contribution in [0.1, 0.15) is 39.5 Å². The Hall–Kier alpha value is -0.0800. The van der Waals surface area contributed by atoms with Crippen molar-refractivity contribution < 1.29 is 4.74 Å². The Morgan fingerprint density at radius 3 is 2.08 bits per heavy atom. The van der Waals surface area contributed by atoms with Gasteiger partial charge in [-0.2, -0.15) is 0 Å². The van der Waals surface area contributed by atoms with Crippen molar-refractivity contribution in [1.82, 2.24) is 0 Å². The minimum atomic E-state index is -0.0374. The summed E-state index contributed by atoms with van der Waals surface area (Å²) < 4.78 is 5.13. The van der Waals surface area contributed by atoms with Crippen molar-refractivity contribution in [2.45, 2.75) is 45.1 Å². The molecule has 2 heteroatoms. The fourth-order valence-electron chi connectivity index (χ4n) is 1.86. The SMILES string of the molecule is COCC1(N)CCC(C)(C)CC1. The van der Waals surface area contributed by atoms with E-state index < -0.39 is 0 Å². The quantitative estimate of drug-likeness (QED) is 0.689. The first-order chi connectivity index (χ1) is 5.47. The van der Waals surface area contributed by atoms with Crippen LogP contribution in [0, 0.1) is 5.41 Å². The van der Waals surface area contributed by atoms with E-state index >= 15 is 0 Å². The van der Waals surface area contributed by atoms with Crippen LogP contribution in [0.25, 0.3) is 0 Å². The lowest BCUT2D eigenvalue weighted by atomic mass is 9.70. The van der Waals surface area contributed by atoms with Gasteiger partial charge in [0.05, 0.1) is 6.61 Å². The summed E-state index contributed by atoms with van der Waals surface area (Å²) in [5.41, 5.74) is 6.62. The van der Waals surface area contributed by atoms with Gasteiger partial charge in [-0.25, -0.2) is 0 Å². The zero-order valence-corrected chi connectivity index (χ0v) is 8.52. The Bertz CT molecular complexity index is 144. The molecule has 1 saturated carbocycles. The molecule has 0 spiro atoms. The smallest absolute Gasteiger partial charge is 0.0642 e. The third-order valence-electron chi connectivity index (χ3n) is 3.03. The minimum Gasteiger partial charge on any atom is -0.383 e. The van der Waals surface area contributed by atoms with Crippen LogP contribution >= 0.6 is 0 Å². The van der Waals surface area contributed by atoms with Gasteiger partial charge >= 0.3 is 0 Å². The van der Waals surface area contributed by atoms with Gasteiger partial charge in [-0.3, -0.25) is 0 Å². The monoisotopic (exact) mass is 171 g/mol. The van der Waals surface area contributed by atoms with Crippen molar-refractivity contribution in [2.24, 2.45) is 11.1 Å². The maximum Gasteiger partial charge on any atom is 0.0642 e. The first-order valence-electron chi connectivity index (χ1n) is 4.75. The predicted octanol–water partition coefficient (Wildman–Crippen LogP) is 1.93. The molecule has 2 N–H and O–H groups in total. The Balaban J connectivity index is 2.44. The van der Waals surface area contributed by atoms with E-state index in [2.05, 4.69) is 13.8 Å². The topological polar surface area (TPSA) is 35.2 Å². The van der Waals surface area contributed by atoms with Gasteiger partial charge in [-0.05, 0) is 31.1 Å². The number of methoxy groups -OCH3 is 1. The van der Waals surface area contributed by atoms with Crippen LogP contribution in [0.15, 0.2) is 0 Å². The summed E-state index contributed by atoms with van der Waals surface area (Å²) in [5, 5.41) is 0. The molecule has 0 amide bonds. The molecule has 0 heterocycles. The van der Waals surface area contributed by atoms with Gasteiger partial charge < -0.3 is 10.5 Å². The maximum absolute atomic E-state index is 6.17. The first-order valence-corrected chi connectivity index (χ1v) is 4.75. The van der Waals surface area contributed by atoms with E-state index in [1.54, 1.807) is 7.11 Å². The highest BCUT2D eigenvalue weighted by atomic mass is 16.5. The van der Waals surface area contributed by atoms with E-state index in [0.29, 0.717) is 12.0 Å². The number of hydrogen-bond acceptors (Lipinski definition) is 2. The molecule has 1 aliphatic carbocycles. The Morgan fingerprint density at radius 2 is 1.67 bits per heavy atom. The Kier molecular flexibility index (Phi) is 2.79. The van der Waals surface area contributed by atoms with Crippen molar-refractivity contribution in [1.29, 1.82) is 0 Å². The molecular weight excluding hydrogens is 150 g/mol. The molecule has 72 valence electrons. The first kappa shape index (κ1) is 10.0. The van der Waals surface area contributed by atoms with Crippen molar-refractivity contribution >= 4 is 0 Å². The molecule has 0 aromatic carbocycles. The molecule has 0 aromatic heterocycles. The lowest BCUT2D eigenvalue weighted by Gasteiger charge is -2.40. The summed E-state index contributed by atoms with van der Waals surface area (Å²) >= 11 is 0. The fourth-order valence-corrected chi connectivity index (χ4v) is 1.86. The van der Waals surface area contributed by atoms with Crippen LogP contribution in [-0.2, 0) is 4.74 Å². The molecule has 0 atom stereocenters. The summed E-state index contributed by atoms with van der Waals surface area (Å²) in [5.74, 6) is 0. The lowest BCUT2D eigenvalue weighted by molar-refractivity contribution is 0.0754. The molecule has 0 aromatic rings.